The van der Waals surface area contributed by atoms with E-state index in [0.29, 0.717) is 0 Å². The van der Waals surface area contributed by atoms with E-state index in [-0.39, 0.29) is 0 Å². The van der Waals surface area contributed by atoms with Crippen molar-refractivity contribution in [1.82, 2.24) is 9.55 Å². The lowest BCUT2D eigenvalue weighted by Gasteiger charge is -2.03. The average Bonchev–Trinajstić information content (AvgIpc) is 2.49. The lowest BCUT2D eigenvalue weighted by Crippen LogP contribution is -2.01. The zero-order valence-electron chi connectivity index (χ0n) is 8.75. The molecular formula is C11H18N2. The van der Waals surface area contributed by atoms with Crippen LogP contribution in [0.4, 0.5) is 0 Å². The largest absolute Gasteiger partial charge is 0.331 e. The van der Waals surface area contributed by atoms with Gasteiger partial charge in [0.2, 0.25) is 0 Å². The van der Waals surface area contributed by atoms with Gasteiger partial charge in [-0.25, -0.2) is 4.98 Å². The molecule has 0 aliphatic carbocycles. The van der Waals surface area contributed by atoms with Gasteiger partial charge >= 0.3 is 0 Å². The lowest BCUT2D eigenvalue weighted by atomic mass is 10.3. The van der Waals surface area contributed by atoms with Crippen LogP contribution in [0.5, 0.6) is 0 Å². The van der Waals surface area contributed by atoms with Crippen LogP contribution in [0.3, 0.4) is 0 Å². The predicted octanol–water partition coefficient (Wildman–Crippen LogP) is 2.80. The molecule has 0 atom stereocenters. The van der Waals surface area contributed by atoms with Crippen LogP contribution in [-0.2, 0) is 13.0 Å². The third-order valence-corrected chi connectivity index (χ3v) is 1.97. The summed E-state index contributed by atoms with van der Waals surface area (Å²) in [5.41, 5.74) is 1.36. The third kappa shape index (κ3) is 3.05. The molecule has 0 aromatic carbocycles. The topological polar surface area (TPSA) is 17.8 Å². The van der Waals surface area contributed by atoms with E-state index in [1.165, 1.54) is 11.4 Å². The summed E-state index contributed by atoms with van der Waals surface area (Å²) in [5, 5.41) is 0. The maximum atomic E-state index is 4.32. The highest BCUT2D eigenvalue weighted by atomic mass is 15.0. The Kier molecular flexibility index (Phi) is 3.74. The molecule has 0 saturated heterocycles. The fraction of sp³-hybridized carbons (Fsp3) is 0.545. The molecule has 0 N–H and O–H groups in total. The first-order valence-corrected chi connectivity index (χ1v) is 4.87. The zero-order chi connectivity index (χ0) is 9.68. The summed E-state index contributed by atoms with van der Waals surface area (Å²) in [5.74, 6) is 1.19. The van der Waals surface area contributed by atoms with E-state index < -0.39 is 0 Å². The summed E-state index contributed by atoms with van der Waals surface area (Å²) < 4.78 is 2.20. The number of aryl methyl sites for hydroxylation is 1. The minimum atomic E-state index is 0.956. The minimum absolute atomic E-state index is 0.956. The molecule has 0 unspecified atom stereocenters. The van der Waals surface area contributed by atoms with Crippen LogP contribution in [0, 0.1) is 0 Å². The van der Waals surface area contributed by atoms with Gasteiger partial charge in [0.1, 0.15) is 5.82 Å². The van der Waals surface area contributed by atoms with Crippen molar-refractivity contribution in [2.45, 2.75) is 40.2 Å². The Morgan fingerprint density at radius 3 is 2.92 bits per heavy atom. The molecule has 0 spiro atoms. The Morgan fingerprint density at radius 1 is 1.54 bits per heavy atom. The predicted molar refractivity (Wildman–Crippen MR) is 55.7 cm³/mol. The number of aromatic nitrogens is 2. The van der Waals surface area contributed by atoms with Gasteiger partial charge in [-0.2, -0.15) is 0 Å². The number of nitrogens with zero attached hydrogens (tertiary/aromatic N) is 2. The molecule has 13 heavy (non-hydrogen) atoms. The first-order chi connectivity index (χ1) is 6.24. The lowest BCUT2D eigenvalue weighted by molar-refractivity contribution is 0.714. The average molecular weight is 178 g/mol. The molecule has 72 valence electrons. The second kappa shape index (κ2) is 4.85. The molecular weight excluding hydrogens is 160 g/mol. The van der Waals surface area contributed by atoms with Gasteiger partial charge in [0, 0.05) is 25.4 Å². The monoisotopic (exact) mass is 178 g/mol. The Balaban J connectivity index is 2.65. The Hall–Kier alpha value is -1.05. The van der Waals surface area contributed by atoms with Crippen molar-refractivity contribution in [1.29, 1.82) is 0 Å². The van der Waals surface area contributed by atoms with Crippen molar-refractivity contribution >= 4 is 0 Å². The van der Waals surface area contributed by atoms with Crippen LogP contribution in [0.25, 0.3) is 0 Å². The Morgan fingerprint density at radius 2 is 2.31 bits per heavy atom. The fourth-order valence-electron chi connectivity index (χ4n) is 1.24. The molecule has 0 fully saturated rings. The van der Waals surface area contributed by atoms with E-state index in [0.717, 1.165) is 19.4 Å². The summed E-state index contributed by atoms with van der Waals surface area (Å²) in [4.78, 5) is 4.32. The normalized spacial score (nSPS) is 10.1. The first-order valence-electron chi connectivity index (χ1n) is 4.87. The number of hydrogen-bond acceptors (Lipinski definition) is 1. The SMILES string of the molecule is CCCc1nccn1CC=C(C)C. The number of imidazole rings is 1. The van der Waals surface area contributed by atoms with E-state index in [9.17, 15) is 0 Å². The molecule has 0 amide bonds. The Labute approximate surface area is 80.3 Å². The van der Waals surface area contributed by atoms with Gasteiger partial charge in [-0.15, -0.1) is 0 Å². The highest BCUT2D eigenvalue weighted by Gasteiger charge is 1.98. The van der Waals surface area contributed by atoms with Gasteiger partial charge in [0.05, 0.1) is 0 Å². The molecule has 0 bridgehead atoms. The van der Waals surface area contributed by atoms with Gasteiger partial charge in [-0.05, 0) is 20.3 Å². The van der Waals surface area contributed by atoms with Crippen molar-refractivity contribution < 1.29 is 0 Å². The van der Waals surface area contributed by atoms with Gasteiger partial charge in [-0.1, -0.05) is 18.6 Å². The quantitative estimate of drug-likeness (QED) is 0.648. The molecule has 1 aromatic rings. The molecule has 0 aliphatic heterocycles. The summed E-state index contributed by atoms with van der Waals surface area (Å²) >= 11 is 0. The highest BCUT2D eigenvalue weighted by Crippen LogP contribution is 2.02. The fourth-order valence-corrected chi connectivity index (χ4v) is 1.24. The van der Waals surface area contributed by atoms with E-state index in [1.54, 1.807) is 0 Å². The molecule has 2 nitrogen and oxygen atoms in total. The number of rotatable bonds is 4. The minimum Gasteiger partial charge on any atom is -0.331 e. The summed E-state index contributed by atoms with van der Waals surface area (Å²) in [6.07, 6.45) is 8.38. The standard InChI is InChI=1S/C11H18N2/c1-4-5-11-12-7-9-13(11)8-6-10(2)3/h6-7,9H,4-5,8H2,1-3H3. The van der Waals surface area contributed by atoms with E-state index in [4.69, 9.17) is 0 Å². The van der Waals surface area contributed by atoms with Crippen LogP contribution >= 0.6 is 0 Å². The van der Waals surface area contributed by atoms with Gasteiger partial charge in [0.15, 0.2) is 0 Å². The van der Waals surface area contributed by atoms with E-state index in [1.807, 2.05) is 12.4 Å². The van der Waals surface area contributed by atoms with E-state index >= 15 is 0 Å². The molecule has 1 aromatic heterocycles. The van der Waals surface area contributed by atoms with Crippen molar-refractivity contribution in [3.05, 3.63) is 29.9 Å². The van der Waals surface area contributed by atoms with Gasteiger partial charge in [-0.3, -0.25) is 0 Å². The molecule has 1 heterocycles. The second-order valence-corrected chi connectivity index (χ2v) is 3.53. The highest BCUT2D eigenvalue weighted by molar-refractivity contribution is 4.98. The first kappa shape index (κ1) is 10.0. The summed E-state index contributed by atoms with van der Waals surface area (Å²) in [6, 6.07) is 0. The molecule has 1 rings (SSSR count). The maximum Gasteiger partial charge on any atom is 0.108 e. The van der Waals surface area contributed by atoms with Crippen molar-refractivity contribution in [3.63, 3.8) is 0 Å². The van der Waals surface area contributed by atoms with Crippen LogP contribution < -0.4 is 0 Å². The van der Waals surface area contributed by atoms with Crippen LogP contribution in [-0.4, -0.2) is 9.55 Å². The third-order valence-electron chi connectivity index (χ3n) is 1.97. The van der Waals surface area contributed by atoms with Crippen molar-refractivity contribution in [2.75, 3.05) is 0 Å². The van der Waals surface area contributed by atoms with Crippen LogP contribution in [0.2, 0.25) is 0 Å². The number of hydrogen-bond donors (Lipinski definition) is 0. The zero-order valence-corrected chi connectivity index (χ0v) is 8.75. The molecule has 0 saturated carbocycles. The maximum absolute atomic E-state index is 4.32. The molecule has 2 heteroatoms. The van der Waals surface area contributed by atoms with Gasteiger partial charge in [0.25, 0.3) is 0 Å². The van der Waals surface area contributed by atoms with Crippen molar-refractivity contribution in [3.8, 4) is 0 Å². The molecule has 0 radical (unpaired) electrons. The van der Waals surface area contributed by atoms with Crippen molar-refractivity contribution in [2.24, 2.45) is 0 Å². The number of allylic oxidation sites excluding steroid dienone is 2. The second-order valence-electron chi connectivity index (χ2n) is 3.53. The summed E-state index contributed by atoms with van der Waals surface area (Å²) in [7, 11) is 0. The van der Waals surface area contributed by atoms with Crippen LogP contribution in [0.15, 0.2) is 24.0 Å². The van der Waals surface area contributed by atoms with E-state index in [2.05, 4.69) is 36.4 Å². The summed E-state index contributed by atoms with van der Waals surface area (Å²) in [6.45, 7) is 7.38. The van der Waals surface area contributed by atoms with Crippen LogP contribution in [0.1, 0.15) is 33.0 Å². The Bertz CT molecular complexity index is 280. The van der Waals surface area contributed by atoms with Gasteiger partial charge < -0.3 is 4.57 Å². The molecule has 0 aliphatic rings. The smallest absolute Gasteiger partial charge is 0.108 e.